The number of hydrogen-bond donors (Lipinski definition) is 1. The van der Waals surface area contributed by atoms with Crippen LogP contribution in [0.3, 0.4) is 0 Å². The molecule has 3 aliphatic rings. The van der Waals surface area contributed by atoms with Crippen LogP contribution in [-0.4, -0.2) is 0 Å². The first-order chi connectivity index (χ1) is 10.9. The van der Waals surface area contributed by atoms with Crippen molar-refractivity contribution in [1.29, 1.82) is 0 Å². The molecule has 2 bridgehead atoms. The molecule has 5 heteroatoms. The van der Waals surface area contributed by atoms with Gasteiger partial charge in [-0.2, -0.15) is 13.2 Å². The third kappa shape index (κ3) is 2.18. The Balaban J connectivity index is 1.62. The van der Waals surface area contributed by atoms with E-state index in [9.17, 15) is 13.2 Å². The lowest BCUT2D eigenvalue weighted by molar-refractivity contribution is -0.136. The van der Waals surface area contributed by atoms with E-state index in [0.717, 1.165) is 24.7 Å². The highest BCUT2D eigenvalue weighted by atomic mass is 19.4. The van der Waals surface area contributed by atoms with Crippen LogP contribution in [0.25, 0.3) is 0 Å². The zero-order chi connectivity index (χ0) is 16.2. The number of alkyl halides is 3. The molecule has 23 heavy (non-hydrogen) atoms. The molecule has 2 nitrogen and oxygen atoms in total. The number of ether oxygens (including phenoxy) is 1. The molecule has 0 aromatic heterocycles. The summed E-state index contributed by atoms with van der Waals surface area (Å²) in [5.41, 5.74) is 4.26. The first-order valence-electron chi connectivity index (χ1n) is 7.61. The van der Waals surface area contributed by atoms with E-state index in [0.29, 0.717) is 17.6 Å². The van der Waals surface area contributed by atoms with E-state index < -0.39 is 11.7 Å². The van der Waals surface area contributed by atoms with Gasteiger partial charge in [-0.05, 0) is 42.9 Å². The van der Waals surface area contributed by atoms with Crippen LogP contribution in [0.5, 0.6) is 5.75 Å². The second-order valence-corrected chi connectivity index (χ2v) is 6.47. The van der Waals surface area contributed by atoms with E-state index in [4.69, 9.17) is 10.5 Å². The van der Waals surface area contributed by atoms with Crippen molar-refractivity contribution >= 4 is 5.69 Å². The van der Waals surface area contributed by atoms with E-state index >= 15 is 0 Å². The minimum Gasteiger partial charge on any atom is -0.461 e. The molecule has 0 saturated heterocycles. The summed E-state index contributed by atoms with van der Waals surface area (Å²) in [4.78, 5) is 0. The van der Waals surface area contributed by atoms with Gasteiger partial charge < -0.3 is 10.5 Å². The number of allylic oxidation sites excluding steroid dienone is 5. The molecule has 0 radical (unpaired) electrons. The number of rotatable bonds is 2. The Bertz CT molecular complexity index is 747. The molecule has 1 aromatic rings. The number of hydrogen-bond acceptors (Lipinski definition) is 2. The van der Waals surface area contributed by atoms with Crippen molar-refractivity contribution < 1.29 is 17.9 Å². The average molecular weight is 319 g/mol. The van der Waals surface area contributed by atoms with Crippen LogP contribution in [0.4, 0.5) is 18.9 Å². The van der Waals surface area contributed by atoms with Crippen molar-refractivity contribution in [3.05, 3.63) is 59.9 Å². The van der Waals surface area contributed by atoms with Crippen LogP contribution < -0.4 is 10.5 Å². The first-order valence-corrected chi connectivity index (χ1v) is 7.61. The summed E-state index contributed by atoms with van der Waals surface area (Å²) in [6, 6.07) is 3.56. The van der Waals surface area contributed by atoms with Crippen LogP contribution in [-0.2, 0) is 6.18 Å². The molecule has 1 fully saturated rings. The van der Waals surface area contributed by atoms with Crippen molar-refractivity contribution in [3.63, 3.8) is 0 Å². The second-order valence-electron chi connectivity index (χ2n) is 6.47. The van der Waals surface area contributed by atoms with E-state index in [2.05, 4.69) is 18.2 Å². The number of anilines is 1. The molecule has 2 N–H and O–H groups in total. The normalized spacial score (nSPS) is 31.2. The van der Waals surface area contributed by atoms with Gasteiger partial charge in [0.2, 0.25) is 0 Å². The maximum Gasteiger partial charge on any atom is 0.418 e. The minimum absolute atomic E-state index is 0.142. The molecule has 120 valence electrons. The number of nitrogen functional groups attached to an aromatic ring is 1. The Morgan fingerprint density at radius 1 is 1.22 bits per heavy atom. The number of benzene rings is 1. The lowest BCUT2D eigenvalue weighted by atomic mass is 9.74. The van der Waals surface area contributed by atoms with Gasteiger partial charge in [0, 0.05) is 11.8 Å². The Morgan fingerprint density at radius 2 is 2.04 bits per heavy atom. The predicted molar refractivity (Wildman–Crippen MR) is 81.5 cm³/mol. The highest BCUT2D eigenvalue weighted by Crippen LogP contribution is 2.60. The molecular weight excluding hydrogens is 303 g/mol. The third-order valence-electron chi connectivity index (χ3n) is 5.07. The third-order valence-corrected chi connectivity index (χ3v) is 5.07. The molecule has 3 aliphatic carbocycles. The van der Waals surface area contributed by atoms with E-state index in [1.165, 1.54) is 12.1 Å². The molecule has 3 unspecified atom stereocenters. The predicted octanol–water partition coefficient (Wildman–Crippen LogP) is 4.70. The highest BCUT2D eigenvalue weighted by Gasteiger charge is 2.53. The van der Waals surface area contributed by atoms with Crippen LogP contribution in [0.2, 0.25) is 0 Å². The van der Waals surface area contributed by atoms with Crippen molar-refractivity contribution in [2.45, 2.75) is 19.0 Å². The molecule has 1 saturated carbocycles. The van der Waals surface area contributed by atoms with Gasteiger partial charge in [-0.15, -0.1) is 0 Å². The Kier molecular flexibility index (Phi) is 2.92. The van der Waals surface area contributed by atoms with E-state index in [1.807, 2.05) is 12.2 Å². The summed E-state index contributed by atoms with van der Waals surface area (Å²) in [5, 5.41) is 0. The highest BCUT2D eigenvalue weighted by molar-refractivity contribution is 5.53. The quantitative estimate of drug-likeness (QED) is 0.802. The fourth-order valence-electron chi connectivity index (χ4n) is 4.05. The minimum atomic E-state index is -4.45. The number of fused-ring (bicyclic) bond motifs is 1. The van der Waals surface area contributed by atoms with Crippen LogP contribution >= 0.6 is 0 Å². The Hall–Kier alpha value is -2.17. The monoisotopic (exact) mass is 319 g/mol. The standard InChI is InChI=1S/C18H16F3NO/c19-18(20,21)14-5-4-13(9-15(14)22)23-16-8-11-7-12-3-1-2-6-17(12,16)10-11/h1-6,8-9,11-12H,7,10,22H2. The lowest BCUT2D eigenvalue weighted by Gasteiger charge is -2.34. The van der Waals surface area contributed by atoms with E-state index in [1.54, 1.807) is 0 Å². The topological polar surface area (TPSA) is 35.2 Å². The summed E-state index contributed by atoms with van der Waals surface area (Å²) in [7, 11) is 0. The summed E-state index contributed by atoms with van der Waals surface area (Å²) < 4.78 is 44.3. The maximum absolute atomic E-state index is 12.8. The van der Waals surface area contributed by atoms with Gasteiger partial charge in [-0.3, -0.25) is 0 Å². The zero-order valence-corrected chi connectivity index (χ0v) is 12.3. The van der Waals surface area contributed by atoms with Gasteiger partial charge in [0.15, 0.2) is 0 Å². The number of nitrogens with two attached hydrogens (primary N) is 1. The Morgan fingerprint density at radius 3 is 2.78 bits per heavy atom. The van der Waals surface area contributed by atoms with Gasteiger partial charge in [-0.1, -0.05) is 24.3 Å². The molecule has 1 spiro atoms. The average Bonchev–Trinajstić information content (AvgIpc) is 2.99. The second kappa shape index (κ2) is 4.66. The van der Waals surface area contributed by atoms with Crippen LogP contribution in [0.15, 0.2) is 54.3 Å². The molecule has 0 heterocycles. The van der Waals surface area contributed by atoms with Crippen LogP contribution in [0, 0.1) is 17.3 Å². The van der Waals surface area contributed by atoms with Crippen molar-refractivity contribution in [2.75, 3.05) is 5.73 Å². The van der Waals surface area contributed by atoms with Gasteiger partial charge in [0.05, 0.1) is 11.0 Å². The summed E-state index contributed by atoms with van der Waals surface area (Å²) >= 11 is 0. The lowest BCUT2D eigenvalue weighted by Crippen LogP contribution is -2.28. The molecule has 0 amide bonds. The van der Waals surface area contributed by atoms with Gasteiger partial charge >= 0.3 is 6.18 Å². The van der Waals surface area contributed by atoms with Gasteiger partial charge in [-0.25, -0.2) is 0 Å². The molecule has 1 aromatic carbocycles. The fourth-order valence-corrected chi connectivity index (χ4v) is 4.05. The summed E-state index contributed by atoms with van der Waals surface area (Å²) in [6.45, 7) is 0. The maximum atomic E-state index is 12.8. The summed E-state index contributed by atoms with van der Waals surface area (Å²) in [5.74, 6) is 2.06. The zero-order valence-electron chi connectivity index (χ0n) is 12.3. The van der Waals surface area contributed by atoms with Gasteiger partial charge in [0.25, 0.3) is 0 Å². The molecule has 0 aliphatic heterocycles. The fraction of sp³-hybridized carbons (Fsp3) is 0.333. The summed E-state index contributed by atoms with van der Waals surface area (Å²) in [6.07, 6.45) is 8.17. The first kappa shape index (κ1) is 14.4. The van der Waals surface area contributed by atoms with Gasteiger partial charge in [0.1, 0.15) is 11.5 Å². The van der Waals surface area contributed by atoms with E-state index in [-0.39, 0.29) is 11.1 Å². The number of halogens is 3. The molecule has 4 rings (SSSR count). The molecular formula is C18H16F3NO. The van der Waals surface area contributed by atoms with Crippen molar-refractivity contribution in [2.24, 2.45) is 17.3 Å². The van der Waals surface area contributed by atoms with Crippen molar-refractivity contribution in [3.8, 4) is 5.75 Å². The van der Waals surface area contributed by atoms with Crippen molar-refractivity contribution in [1.82, 2.24) is 0 Å². The van der Waals surface area contributed by atoms with Crippen LogP contribution in [0.1, 0.15) is 18.4 Å². The smallest absolute Gasteiger partial charge is 0.418 e. The largest absolute Gasteiger partial charge is 0.461 e. The Labute approximate surface area is 132 Å². The SMILES string of the molecule is Nc1cc(OC2=CC3CC4C=CC=CC24C3)ccc1C(F)(F)F. The molecule has 3 atom stereocenters.